The molecule has 0 spiro atoms. The Balaban J connectivity index is 1.88. The maximum Gasteiger partial charge on any atom is 0.264 e. The Kier molecular flexibility index (Phi) is 4.13. The number of nitrogens with zero attached hydrogens (tertiary/aromatic N) is 1. The Labute approximate surface area is 154 Å². The predicted octanol–water partition coefficient (Wildman–Crippen LogP) is 4.76. The molecule has 0 fully saturated rings. The van der Waals surface area contributed by atoms with Crippen molar-refractivity contribution >= 4 is 16.1 Å². The van der Waals surface area contributed by atoms with E-state index >= 15 is 0 Å². The highest BCUT2D eigenvalue weighted by Crippen LogP contribution is 2.38. The van der Waals surface area contributed by atoms with E-state index in [4.69, 9.17) is 0 Å². The first-order chi connectivity index (χ1) is 12.6. The fourth-order valence-electron chi connectivity index (χ4n) is 3.30. The Morgan fingerprint density at radius 2 is 1.46 bits per heavy atom. The smallest absolute Gasteiger partial charge is 0.261 e. The van der Waals surface area contributed by atoms with Gasteiger partial charge in [0.15, 0.2) is 0 Å². The number of fused-ring (bicyclic) bond motifs is 1. The number of benzene rings is 3. The van der Waals surface area contributed by atoms with Gasteiger partial charge in [-0.25, -0.2) is 8.42 Å². The molecule has 3 aromatic carbocycles. The molecule has 0 aliphatic carbocycles. The summed E-state index contributed by atoms with van der Waals surface area (Å²) in [6.07, 6.45) is 3.54. The van der Waals surface area contributed by atoms with Gasteiger partial charge in [0.1, 0.15) is 0 Å². The van der Waals surface area contributed by atoms with Crippen LogP contribution in [0, 0.1) is 6.92 Å². The van der Waals surface area contributed by atoms with Crippen molar-refractivity contribution in [2.75, 3.05) is 0 Å². The van der Waals surface area contributed by atoms with Crippen molar-refractivity contribution in [3.8, 4) is 0 Å². The molecule has 3 nitrogen and oxygen atoms in total. The van der Waals surface area contributed by atoms with E-state index in [9.17, 15) is 8.42 Å². The molecular weight excluding hydrogens is 342 g/mol. The first kappa shape index (κ1) is 16.6. The third-order valence-electron chi connectivity index (χ3n) is 4.66. The largest absolute Gasteiger partial charge is 0.264 e. The second-order valence-electron chi connectivity index (χ2n) is 6.41. The van der Waals surface area contributed by atoms with Crippen molar-refractivity contribution in [1.29, 1.82) is 0 Å². The van der Waals surface area contributed by atoms with Gasteiger partial charge in [-0.3, -0.25) is 4.31 Å². The van der Waals surface area contributed by atoms with Gasteiger partial charge in [-0.1, -0.05) is 72.3 Å². The van der Waals surface area contributed by atoms with Crippen LogP contribution >= 0.6 is 0 Å². The van der Waals surface area contributed by atoms with Crippen molar-refractivity contribution in [3.05, 3.63) is 107 Å². The molecule has 3 aromatic rings. The highest BCUT2D eigenvalue weighted by Gasteiger charge is 2.33. The normalized spacial score (nSPS) is 16.3. The Morgan fingerprint density at radius 1 is 0.808 bits per heavy atom. The third-order valence-corrected chi connectivity index (χ3v) is 6.41. The molecule has 1 atom stereocenters. The van der Waals surface area contributed by atoms with Gasteiger partial charge in [-0.05, 0) is 41.8 Å². The SMILES string of the molecule is Cc1ccc(S(=O)(=O)N2C=Cc3ccccc3[C@H]2c2ccccc2)cc1. The van der Waals surface area contributed by atoms with E-state index in [1.807, 2.05) is 79.7 Å². The Morgan fingerprint density at radius 3 is 2.19 bits per heavy atom. The number of hydrogen-bond acceptors (Lipinski definition) is 2. The zero-order chi connectivity index (χ0) is 18.1. The average molecular weight is 361 g/mol. The maximum absolute atomic E-state index is 13.4. The van der Waals surface area contributed by atoms with Gasteiger partial charge in [-0.2, -0.15) is 0 Å². The van der Waals surface area contributed by atoms with Gasteiger partial charge in [0.05, 0.1) is 10.9 Å². The minimum Gasteiger partial charge on any atom is -0.261 e. The molecule has 1 aliphatic rings. The molecule has 4 rings (SSSR count). The minimum absolute atomic E-state index is 0.299. The summed E-state index contributed by atoms with van der Waals surface area (Å²) in [6, 6.07) is 24.3. The lowest BCUT2D eigenvalue weighted by Crippen LogP contribution is -2.33. The standard InChI is InChI=1S/C22H19NO2S/c1-17-11-13-20(14-12-17)26(24,25)23-16-15-18-7-5-6-10-21(18)22(23)19-8-3-2-4-9-19/h2-16,22H,1H3/t22-/m1/s1. The molecule has 1 aliphatic heterocycles. The Bertz CT molecular complexity index is 1050. The van der Waals surface area contributed by atoms with E-state index in [1.165, 1.54) is 4.31 Å². The van der Waals surface area contributed by atoms with Crippen molar-refractivity contribution in [2.24, 2.45) is 0 Å². The quantitative estimate of drug-likeness (QED) is 0.674. The molecule has 4 heteroatoms. The van der Waals surface area contributed by atoms with E-state index in [1.54, 1.807) is 18.3 Å². The summed E-state index contributed by atoms with van der Waals surface area (Å²) in [6.45, 7) is 1.94. The van der Waals surface area contributed by atoms with Crippen LogP contribution < -0.4 is 0 Å². The topological polar surface area (TPSA) is 37.4 Å². The van der Waals surface area contributed by atoms with Crippen LogP contribution in [0.25, 0.3) is 6.08 Å². The van der Waals surface area contributed by atoms with Crippen LogP contribution in [0.3, 0.4) is 0 Å². The van der Waals surface area contributed by atoms with Crippen LogP contribution in [0.4, 0.5) is 0 Å². The second-order valence-corrected chi connectivity index (χ2v) is 8.25. The summed E-state index contributed by atoms with van der Waals surface area (Å²) in [5, 5.41) is 0. The van der Waals surface area contributed by atoms with Crippen molar-refractivity contribution in [2.45, 2.75) is 17.9 Å². The molecule has 130 valence electrons. The predicted molar refractivity (Wildman–Crippen MR) is 104 cm³/mol. The first-order valence-corrected chi connectivity index (χ1v) is 9.94. The molecule has 0 saturated heterocycles. The molecule has 0 amide bonds. The lowest BCUT2D eigenvalue weighted by atomic mass is 9.92. The van der Waals surface area contributed by atoms with Crippen LogP contribution in [0.5, 0.6) is 0 Å². The fourth-order valence-corrected chi connectivity index (χ4v) is 4.76. The van der Waals surface area contributed by atoms with Gasteiger partial charge in [0.2, 0.25) is 0 Å². The molecule has 0 aromatic heterocycles. The third kappa shape index (κ3) is 2.82. The van der Waals surface area contributed by atoms with Crippen LogP contribution in [0.15, 0.2) is 90.0 Å². The van der Waals surface area contributed by atoms with E-state index in [2.05, 4.69) is 0 Å². The molecule has 1 heterocycles. The van der Waals surface area contributed by atoms with E-state index < -0.39 is 10.0 Å². The van der Waals surface area contributed by atoms with Gasteiger partial charge >= 0.3 is 0 Å². The molecule has 0 unspecified atom stereocenters. The van der Waals surface area contributed by atoms with Crippen molar-refractivity contribution < 1.29 is 8.42 Å². The number of sulfonamides is 1. The zero-order valence-electron chi connectivity index (χ0n) is 14.4. The van der Waals surface area contributed by atoms with E-state index in [0.29, 0.717) is 4.90 Å². The van der Waals surface area contributed by atoms with Crippen LogP contribution in [-0.4, -0.2) is 12.7 Å². The molecular formula is C22H19NO2S. The molecule has 26 heavy (non-hydrogen) atoms. The average Bonchev–Trinajstić information content (AvgIpc) is 2.68. The van der Waals surface area contributed by atoms with Crippen molar-refractivity contribution in [1.82, 2.24) is 4.31 Å². The number of aryl methyl sites for hydroxylation is 1. The monoisotopic (exact) mass is 361 g/mol. The molecule has 0 radical (unpaired) electrons. The molecule has 0 saturated carbocycles. The maximum atomic E-state index is 13.4. The summed E-state index contributed by atoms with van der Waals surface area (Å²) >= 11 is 0. The summed E-state index contributed by atoms with van der Waals surface area (Å²) in [7, 11) is -3.67. The lowest BCUT2D eigenvalue weighted by molar-refractivity contribution is 0.447. The molecule has 0 N–H and O–H groups in total. The lowest BCUT2D eigenvalue weighted by Gasteiger charge is -2.34. The fraction of sp³-hybridized carbons (Fsp3) is 0.0909. The summed E-state index contributed by atoms with van der Waals surface area (Å²) in [5.74, 6) is 0. The first-order valence-electron chi connectivity index (χ1n) is 8.50. The van der Waals surface area contributed by atoms with Gasteiger partial charge in [-0.15, -0.1) is 0 Å². The number of rotatable bonds is 3. The Hall–Kier alpha value is -2.85. The van der Waals surface area contributed by atoms with Crippen LogP contribution in [0.2, 0.25) is 0 Å². The van der Waals surface area contributed by atoms with Crippen LogP contribution in [0.1, 0.15) is 28.3 Å². The highest BCUT2D eigenvalue weighted by atomic mass is 32.2. The summed E-state index contributed by atoms with van der Waals surface area (Å²) in [4.78, 5) is 0.299. The van der Waals surface area contributed by atoms with E-state index in [-0.39, 0.29) is 6.04 Å². The van der Waals surface area contributed by atoms with E-state index in [0.717, 1.165) is 22.3 Å². The van der Waals surface area contributed by atoms with Crippen molar-refractivity contribution in [3.63, 3.8) is 0 Å². The van der Waals surface area contributed by atoms with Gasteiger partial charge in [0.25, 0.3) is 10.0 Å². The van der Waals surface area contributed by atoms with Gasteiger partial charge in [0, 0.05) is 6.20 Å². The highest BCUT2D eigenvalue weighted by molar-refractivity contribution is 7.89. The number of hydrogen-bond donors (Lipinski definition) is 0. The summed E-state index contributed by atoms with van der Waals surface area (Å²) in [5.41, 5.74) is 4.00. The molecule has 0 bridgehead atoms. The second kappa shape index (κ2) is 6.46. The summed E-state index contributed by atoms with van der Waals surface area (Å²) < 4.78 is 28.2. The minimum atomic E-state index is -3.67. The van der Waals surface area contributed by atoms with Crippen LogP contribution in [-0.2, 0) is 10.0 Å². The zero-order valence-corrected chi connectivity index (χ0v) is 15.2. The van der Waals surface area contributed by atoms with Gasteiger partial charge < -0.3 is 0 Å².